The van der Waals surface area contributed by atoms with Crippen LogP contribution < -0.4 is 14.8 Å². The Morgan fingerprint density at radius 2 is 1.89 bits per heavy atom. The number of esters is 1. The maximum Gasteiger partial charge on any atom is 0.338 e. The van der Waals surface area contributed by atoms with Crippen molar-refractivity contribution in [2.75, 3.05) is 18.2 Å². The van der Waals surface area contributed by atoms with Gasteiger partial charge in [0.2, 0.25) is 11.1 Å². The van der Waals surface area contributed by atoms with Crippen LogP contribution in [0.15, 0.2) is 58.9 Å². The largest absolute Gasteiger partial charge is 0.493 e. The number of nitrogens with one attached hydrogen (secondary N) is 1. The van der Waals surface area contributed by atoms with Gasteiger partial charge in [-0.25, -0.2) is 9.48 Å². The minimum atomic E-state index is -0.537. The molecule has 1 N–H and O–H groups in total. The number of hydrogen-bond donors (Lipinski definition) is 1. The zero-order valence-electron chi connectivity index (χ0n) is 22.9. The minimum absolute atomic E-state index is 0.257. The van der Waals surface area contributed by atoms with Crippen LogP contribution in [-0.4, -0.2) is 39.7 Å². The lowest BCUT2D eigenvalue weighted by Gasteiger charge is -2.29. The molecule has 2 aromatic carbocycles. The monoisotopic (exact) mass is 536 g/mol. The maximum absolute atomic E-state index is 13.3. The topological polar surface area (TPSA) is 87.5 Å². The number of fused-ring (bicyclic) bond motifs is 1. The molecule has 1 atom stereocenters. The van der Waals surface area contributed by atoms with Crippen LogP contribution >= 0.6 is 11.8 Å². The third kappa shape index (κ3) is 6.32. The van der Waals surface area contributed by atoms with E-state index in [-0.39, 0.29) is 6.10 Å². The molecule has 0 saturated carbocycles. The van der Waals surface area contributed by atoms with Gasteiger partial charge in [-0.15, -0.1) is 5.10 Å². The zero-order valence-corrected chi connectivity index (χ0v) is 23.7. The van der Waals surface area contributed by atoms with E-state index in [2.05, 4.69) is 31.3 Å². The summed E-state index contributed by atoms with van der Waals surface area (Å²) in [6, 6.07) is 13.4. The fraction of sp³-hybridized carbons (Fsp3) is 0.414. The lowest BCUT2D eigenvalue weighted by molar-refractivity contribution is -0.143. The molecule has 0 aliphatic carbocycles. The Hall–Kier alpha value is -3.46. The van der Waals surface area contributed by atoms with Gasteiger partial charge >= 0.3 is 5.97 Å². The van der Waals surface area contributed by atoms with Crippen LogP contribution in [-0.2, 0) is 16.1 Å². The summed E-state index contributed by atoms with van der Waals surface area (Å²) in [5.74, 6) is 2.32. The van der Waals surface area contributed by atoms with E-state index in [0.717, 1.165) is 29.7 Å². The molecule has 202 valence electrons. The number of anilines is 1. The van der Waals surface area contributed by atoms with Crippen molar-refractivity contribution in [2.45, 2.75) is 71.4 Å². The number of carbonyl (C=O) groups excluding carboxylic acids is 1. The van der Waals surface area contributed by atoms with E-state index in [1.54, 1.807) is 23.6 Å². The van der Waals surface area contributed by atoms with Crippen molar-refractivity contribution in [2.24, 2.45) is 0 Å². The van der Waals surface area contributed by atoms with E-state index in [9.17, 15) is 4.79 Å². The first-order valence-corrected chi connectivity index (χ1v) is 13.9. The second-order valence-electron chi connectivity index (χ2n) is 9.57. The van der Waals surface area contributed by atoms with Crippen molar-refractivity contribution in [1.82, 2.24) is 14.8 Å². The molecule has 0 radical (unpaired) electrons. The van der Waals surface area contributed by atoms with Gasteiger partial charge in [-0.2, -0.15) is 4.98 Å². The summed E-state index contributed by atoms with van der Waals surface area (Å²) in [5, 5.41) is 8.70. The summed E-state index contributed by atoms with van der Waals surface area (Å²) < 4.78 is 19.2. The van der Waals surface area contributed by atoms with Gasteiger partial charge in [0.15, 0.2) is 11.5 Å². The normalized spacial score (nSPS) is 14.8. The predicted molar refractivity (Wildman–Crippen MR) is 150 cm³/mol. The number of hydrogen-bond acceptors (Lipinski definition) is 8. The van der Waals surface area contributed by atoms with Crippen LogP contribution in [0, 0.1) is 6.92 Å². The van der Waals surface area contributed by atoms with Gasteiger partial charge in [0.1, 0.15) is 12.6 Å². The van der Waals surface area contributed by atoms with Gasteiger partial charge < -0.3 is 19.5 Å². The van der Waals surface area contributed by atoms with E-state index < -0.39 is 12.0 Å². The molecule has 1 aromatic heterocycles. The van der Waals surface area contributed by atoms with E-state index in [1.165, 1.54) is 5.56 Å². The third-order valence-electron chi connectivity index (χ3n) is 6.14. The highest BCUT2D eigenvalue weighted by atomic mass is 32.2. The lowest BCUT2D eigenvalue weighted by Crippen LogP contribution is -2.30. The number of unbranched alkanes of at least 4 members (excludes halogenated alkanes) is 1. The first kappa shape index (κ1) is 27.6. The summed E-state index contributed by atoms with van der Waals surface area (Å²) in [7, 11) is 1.61. The van der Waals surface area contributed by atoms with E-state index >= 15 is 0 Å². The SMILES string of the molecule is CCCCSc1nc2n(n1)C(c1ccc(OCc3ccc(C)cc3)c(OC)c1)C(C(=O)OC(C)C)=C(C)N2. The van der Waals surface area contributed by atoms with Crippen molar-refractivity contribution in [3.63, 3.8) is 0 Å². The van der Waals surface area contributed by atoms with E-state index in [1.807, 2.05) is 51.1 Å². The third-order valence-corrected chi connectivity index (χ3v) is 7.07. The minimum Gasteiger partial charge on any atom is -0.493 e. The molecule has 1 aliphatic rings. The number of carbonyl (C=O) groups is 1. The fourth-order valence-corrected chi connectivity index (χ4v) is 5.08. The Kier molecular flexibility index (Phi) is 8.99. The van der Waals surface area contributed by atoms with Crippen molar-refractivity contribution in [1.29, 1.82) is 0 Å². The van der Waals surface area contributed by atoms with Gasteiger partial charge in [-0.05, 0) is 57.4 Å². The number of aromatic nitrogens is 3. The molecule has 0 fully saturated rings. The summed E-state index contributed by atoms with van der Waals surface area (Å²) >= 11 is 1.61. The Morgan fingerprint density at radius 1 is 1.13 bits per heavy atom. The summed E-state index contributed by atoms with van der Waals surface area (Å²) in [6.07, 6.45) is 1.93. The van der Waals surface area contributed by atoms with Crippen LogP contribution in [0.5, 0.6) is 11.5 Å². The Balaban J connectivity index is 1.69. The van der Waals surface area contributed by atoms with Gasteiger partial charge in [0.25, 0.3) is 0 Å². The Labute approximate surface area is 228 Å². The van der Waals surface area contributed by atoms with Crippen molar-refractivity contribution < 1.29 is 19.0 Å². The molecule has 0 spiro atoms. The first-order chi connectivity index (χ1) is 18.3. The predicted octanol–water partition coefficient (Wildman–Crippen LogP) is 6.31. The summed E-state index contributed by atoms with van der Waals surface area (Å²) in [5.41, 5.74) is 4.25. The summed E-state index contributed by atoms with van der Waals surface area (Å²) in [6.45, 7) is 10.2. The van der Waals surface area contributed by atoms with Crippen molar-refractivity contribution in [3.8, 4) is 11.5 Å². The Bertz CT molecular complexity index is 1300. The molecule has 2 heterocycles. The lowest BCUT2D eigenvalue weighted by atomic mass is 9.95. The van der Waals surface area contributed by atoms with E-state index in [4.69, 9.17) is 24.3 Å². The molecule has 3 aromatic rings. The van der Waals surface area contributed by atoms with Gasteiger partial charge in [0, 0.05) is 11.4 Å². The van der Waals surface area contributed by atoms with Crippen LogP contribution in [0.1, 0.15) is 63.3 Å². The van der Waals surface area contributed by atoms with Crippen LogP contribution in [0.4, 0.5) is 5.95 Å². The van der Waals surface area contributed by atoms with Gasteiger partial charge in [-0.1, -0.05) is 61.0 Å². The molecular weight excluding hydrogens is 500 g/mol. The highest BCUT2D eigenvalue weighted by Crippen LogP contribution is 2.40. The second kappa shape index (κ2) is 12.4. The molecule has 0 saturated heterocycles. The maximum atomic E-state index is 13.3. The number of methoxy groups -OCH3 is 1. The smallest absolute Gasteiger partial charge is 0.338 e. The average molecular weight is 537 g/mol. The van der Waals surface area contributed by atoms with Crippen LogP contribution in [0.3, 0.4) is 0 Å². The molecule has 1 aliphatic heterocycles. The number of thioether (sulfide) groups is 1. The summed E-state index contributed by atoms with van der Waals surface area (Å²) in [4.78, 5) is 18.0. The fourth-order valence-electron chi connectivity index (χ4n) is 4.17. The molecule has 4 rings (SSSR count). The number of benzene rings is 2. The molecule has 38 heavy (non-hydrogen) atoms. The quantitative estimate of drug-likeness (QED) is 0.173. The number of nitrogens with zero attached hydrogens (tertiary/aromatic N) is 3. The number of aryl methyl sites for hydroxylation is 1. The van der Waals surface area contributed by atoms with Crippen molar-refractivity contribution in [3.05, 3.63) is 70.4 Å². The molecule has 0 amide bonds. The Morgan fingerprint density at radius 3 is 2.58 bits per heavy atom. The van der Waals surface area contributed by atoms with E-state index in [0.29, 0.717) is 40.5 Å². The number of rotatable bonds is 11. The first-order valence-electron chi connectivity index (χ1n) is 12.9. The molecule has 8 nitrogen and oxygen atoms in total. The number of ether oxygens (including phenoxy) is 3. The number of allylic oxidation sites excluding steroid dienone is 1. The van der Waals surface area contributed by atoms with Crippen molar-refractivity contribution >= 4 is 23.7 Å². The molecule has 0 bridgehead atoms. The second-order valence-corrected chi connectivity index (χ2v) is 10.6. The molecule has 9 heteroatoms. The zero-order chi connectivity index (χ0) is 27.2. The highest BCUT2D eigenvalue weighted by Gasteiger charge is 2.36. The standard InChI is InChI=1S/C29H36N4O4S/c1-7-8-15-38-29-31-28-30-20(5)25(27(34)37-18(2)3)26(33(28)32-29)22-13-14-23(24(16-22)35-6)36-17-21-11-9-19(4)10-12-21/h9-14,16,18,26H,7-8,15,17H2,1-6H3,(H,30,31,32). The molecule has 1 unspecified atom stereocenters. The molecular formula is C29H36N4O4S. The average Bonchev–Trinajstić information content (AvgIpc) is 3.29. The van der Waals surface area contributed by atoms with Crippen LogP contribution in [0.2, 0.25) is 0 Å². The van der Waals surface area contributed by atoms with Gasteiger partial charge in [-0.3, -0.25) is 0 Å². The van der Waals surface area contributed by atoms with Crippen LogP contribution in [0.25, 0.3) is 0 Å². The van der Waals surface area contributed by atoms with Gasteiger partial charge in [0.05, 0.1) is 18.8 Å². The highest BCUT2D eigenvalue weighted by molar-refractivity contribution is 7.99.